The maximum Gasteiger partial charge on any atom is 0.513 e. The molecule has 0 heterocycles. The Kier molecular flexibility index (Phi) is 5.47. The molecule has 0 aliphatic rings. The molecule has 1 N–H and O–H groups in total. The average molecular weight is 342 g/mol. The second-order valence-electron chi connectivity index (χ2n) is 6.60. The molecule has 2 aromatic carbocycles. The summed E-state index contributed by atoms with van der Waals surface area (Å²) in [5, 5.41) is 9.44. The number of hydrogen-bond donors (Lipinski definition) is 1. The summed E-state index contributed by atoms with van der Waals surface area (Å²) < 4.78 is 10.2. The van der Waals surface area contributed by atoms with Gasteiger partial charge in [0.1, 0.15) is 5.75 Å². The van der Waals surface area contributed by atoms with Crippen molar-refractivity contribution in [3.8, 4) is 16.9 Å². The third-order valence-electron chi connectivity index (χ3n) is 3.75. The largest absolute Gasteiger partial charge is 0.513 e. The van der Waals surface area contributed by atoms with Gasteiger partial charge in [-0.3, -0.25) is 0 Å². The summed E-state index contributed by atoms with van der Waals surface area (Å²) in [6.45, 7) is 8.01. The minimum atomic E-state index is -1.04. The van der Waals surface area contributed by atoms with Gasteiger partial charge in [0.2, 0.25) is 0 Å². The summed E-state index contributed by atoms with van der Waals surface area (Å²) in [7, 11) is 0. The highest BCUT2D eigenvalue weighted by molar-refractivity contribution is 5.97. The van der Waals surface area contributed by atoms with Gasteiger partial charge in [-0.2, -0.15) is 0 Å². The van der Waals surface area contributed by atoms with Crippen LogP contribution >= 0.6 is 0 Å². The zero-order valence-corrected chi connectivity index (χ0v) is 14.8. The lowest BCUT2D eigenvalue weighted by molar-refractivity contribution is 0.0697. The van der Waals surface area contributed by atoms with Crippen molar-refractivity contribution in [1.29, 1.82) is 0 Å². The molecule has 0 radical (unpaired) electrons. The van der Waals surface area contributed by atoms with Crippen LogP contribution in [0.1, 0.15) is 43.6 Å². The maximum atomic E-state index is 11.8. The first-order chi connectivity index (χ1) is 11.7. The van der Waals surface area contributed by atoms with Crippen molar-refractivity contribution < 1.29 is 24.2 Å². The predicted molar refractivity (Wildman–Crippen MR) is 95.2 cm³/mol. The van der Waals surface area contributed by atoms with Crippen LogP contribution in [0.3, 0.4) is 0 Å². The van der Waals surface area contributed by atoms with Gasteiger partial charge in [0.15, 0.2) is 0 Å². The quantitative estimate of drug-likeness (QED) is 0.633. The summed E-state index contributed by atoms with van der Waals surface area (Å²) in [6, 6.07) is 12.0. The van der Waals surface area contributed by atoms with Crippen molar-refractivity contribution >= 4 is 12.1 Å². The Morgan fingerprint density at radius 1 is 1.04 bits per heavy atom. The third kappa shape index (κ3) is 4.38. The Labute approximate surface area is 147 Å². The lowest BCUT2D eigenvalue weighted by Crippen LogP contribution is -2.14. The van der Waals surface area contributed by atoms with E-state index in [1.54, 1.807) is 37.3 Å². The SMILES string of the molecule is CCOC(=O)Oc1cc(C(C)(C)C)ccc1-c1ccccc1C(=O)O. The van der Waals surface area contributed by atoms with Crippen LogP contribution in [0.4, 0.5) is 4.79 Å². The lowest BCUT2D eigenvalue weighted by atomic mass is 9.85. The van der Waals surface area contributed by atoms with Crippen LogP contribution in [-0.2, 0) is 10.2 Å². The van der Waals surface area contributed by atoms with Gasteiger partial charge in [0.05, 0.1) is 12.2 Å². The monoisotopic (exact) mass is 342 g/mol. The zero-order chi connectivity index (χ0) is 18.6. The van der Waals surface area contributed by atoms with Gasteiger partial charge in [-0.1, -0.05) is 51.1 Å². The Hall–Kier alpha value is -2.82. The number of carboxylic acids is 1. The van der Waals surface area contributed by atoms with Gasteiger partial charge >= 0.3 is 12.1 Å². The molecule has 0 bridgehead atoms. The van der Waals surface area contributed by atoms with E-state index in [9.17, 15) is 14.7 Å². The topological polar surface area (TPSA) is 72.8 Å². The minimum Gasteiger partial charge on any atom is -0.478 e. The highest BCUT2D eigenvalue weighted by atomic mass is 16.7. The Morgan fingerprint density at radius 2 is 1.72 bits per heavy atom. The third-order valence-corrected chi connectivity index (χ3v) is 3.75. The molecule has 0 fully saturated rings. The molecule has 25 heavy (non-hydrogen) atoms. The normalized spacial score (nSPS) is 11.0. The van der Waals surface area contributed by atoms with Crippen molar-refractivity contribution in [2.45, 2.75) is 33.1 Å². The molecule has 0 saturated carbocycles. The Morgan fingerprint density at radius 3 is 2.32 bits per heavy atom. The van der Waals surface area contributed by atoms with Crippen LogP contribution in [0, 0.1) is 0 Å². The first kappa shape index (κ1) is 18.5. The van der Waals surface area contributed by atoms with Gasteiger partial charge in [-0.25, -0.2) is 9.59 Å². The molecule has 5 nitrogen and oxygen atoms in total. The van der Waals surface area contributed by atoms with Crippen LogP contribution in [0.15, 0.2) is 42.5 Å². The summed E-state index contributed by atoms with van der Waals surface area (Å²) in [4.78, 5) is 23.3. The number of aromatic carboxylic acids is 1. The molecular formula is C20H22O5. The molecule has 0 aliphatic heterocycles. The molecule has 2 aromatic rings. The first-order valence-electron chi connectivity index (χ1n) is 8.06. The lowest BCUT2D eigenvalue weighted by Gasteiger charge is -2.21. The average Bonchev–Trinajstić information content (AvgIpc) is 2.54. The number of benzene rings is 2. The first-order valence-corrected chi connectivity index (χ1v) is 8.06. The van der Waals surface area contributed by atoms with Crippen LogP contribution in [-0.4, -0.2) is 23.8 Å². The molecule has 5 heteroatoms. The standard InChI is InChI=1S/C20H22O5/c1-5-24-19(23)25-17-12-13(20(2,3)4)10-11-15(17)14-8-6-7-9-16(14)18(21)22/h6-12H,5H2,1-4H3,(H,21,22). The van der Waals surface area contributed by atoms with Crippen LogP contribution in [0.5, 0.6) is 5.75 Å². The van der Waals surface area contributed by atoms with E-state index in [0.717, 1.165) is 5.56 Å². The van der Waals surface area contributed by atoms with E-state index >= 15 is 0 Å². The van der Waals surface area contributed by atoms with Gasteiger partial charge in [0.25, 0.3) is 0 Å². The fourth-order valence-electron chi connectivity index (χ4n) is 2.44. The van der Waals surface area contributed by atoms with E-state index in [4.69, 9.17) is 9.47 Å². The van der Waals surface area contributed by atoms with Crippen LogP contribution in [0.25, 0.3) is 11.1 Å². The van der Waals surface area contributed by atoms with Crippen molar-refractivity contribution in [2.24, 2.45) is 0 Å². The number of ether oxygens (including phenoxy) is 2. The van der Waals surface area contributed by atoms with Crippen LogP contribution < -0.4 is 4.74 Å². The van der Waals surface area contributed by atoms with E-state index in [0.29, 0.717) is 11.1 Å². The van der Waals surface area contributed by atoms with E-state index in [-0.39, 0.29) is 23.3 Å². The molecule has 0 spiro atoms. The molecule has 0 saturated heterocycles. The second kappa shape index (κ2) is 7.38. The van der Waals surface area contributed by atoms with Gasteiger partial charge in [-0.05, 0) is 35.6 Å². The molecule has 0 aliphatic carbocycles. The number of hydrogen-bond acceptors (Lipinski definition) is 4. The van der Waals surface area contributed by atoms with Gasteiger partial charge in [-0.15, -0.1) is 0 Å². The molecule has 0 unspecified atom stereocenters. The van der Waals surface area contributed by atoms with Gasteiger partial charge < -0.3 is 14.6 Å². The van der Waals surface area contributed by atoms with Crippen molar-refractivity contribution in [2.75, 3.05) is 6.61 Å². The Bertz CT molecular complexity index is 787. The maximum absolute atomic E-state index is 11.8. The van der Waals surface area contributed by atoms with E-state index in [2.05, 4.69) is 0 Å². The highest BCUT2D eigenvalue weighted by Crippen LogP contribution is 2.36. The van der Waals surface area contributed by atoms with Crippen molar-refractivity contribution in [1.82, 2.24) is 0 Å². The molecule has 132 valence electrons. The fraction of sp³-hybridized carbons (Fsp3) is 0.300. The van der Waals surface area contributed by atoms with E-state index < -0.39 is 12.1 Å². The minimum absolute atomic E-state index is 0.139. The fourth-order valence-corrected chi connectivity index (χ4v) is 2.44. The summed E-state index contributed by atoms with van der Waals surface area (Å²) in [6.07, 6.45) is -0.817. The summed E-state index contributed by atoms with van der Waals surface area (Å²) >= 11 is 0. The smallest absolute Gasteiger partial charge is 0.478 e. The number of carboxylic acid groups (broad SMARTS) is 1. The van der Waals surface area contributed by atoms with Crippen LogP contribution in [0.2, 0.25) is 0 Å². The predicted octanol–water partition coefficient (Wildman–Crippen LogP) is 4.88. The number of rotatable bonds is 4. The van der Waals surface area contributed by atoms with E-state index in [1.807, 2.05) is 26.8 Å². The van der Waals surface area contributed by atoms with Crippen molar-refractivity contribution in [3.63, 3.8) is 0 Å². The number of carbonyl (C=O) groups excluding carboxylic acids is 1. The molecule has 2 rings (SSSR count). The molecule has 0 aromatic heterocycles. The molecule has 0 amide bonds. The molecular weight excluding hydrogens is 320 g/mol. The number of carbonyl (C=O) groups is 2. The van der Waals surface area contributed by atoms with Crippen molar-refractivity contribution in [3.05, 3.63) is 53.6 Å². The van der Waals surface area contributed by atoms with Gasteiger partial charge in [0, 0.05) is 5.56 Å². The highest BCUT2D eigenvalue weighted by Gasteiger charge is 2.21. The second-order valence-corrected chi connectivity index (χ2v) is 6.60. The molecule has 0 atom stereocenters. The summed E-state index contributed by atoms with van der Waals surface area (Å²) in [5.74, 6) is -0.767. The Balaban J connectivity index is 2.61. The van der Waals surface area contributed by atoms with E-state index in [1.165, 1.54) is 6.07 Å². The summed E-state index contributed by atoms with van der Waals surface area (Å²) in [5.41, 5.74) is 1.95. The zero-order valence-electron chi connectivity index (χ0n) is 14.8.